The molecule has 0 unspecified atom stereocenters. The Hall–Kier alpha value is -3.96. The van der Waals surface area contributed by atoms with Crippen LogP contribution in [0.15, 0.2) is 97.1 Å². The van der Waals surface area contributed by atoms with Gasteiger partial charge in [-0.05, 0) is 91.7 Å². The number of hydrogen-bond donors (Lipinski definition) is 0. The summed E-state index contributed by atoms with van der Waals surface area (Å²) in [5, 5.41) is 0. The summed E-state index contributed by atoms with van der Waals surface area (Å²) >= 11 is 0. The Balaban J connectivity index is 1.28. The van der Waals surface area contributed by atoms with Crippen LogP contribution in [0.4, 0.5) is 0 Å². The van der Waals surface area contributed by atoms with E-state index in [0.29, 0.717) is 13.2 Å². The molecular weight excluding hydrogens is 474 g/mol. The van der Waals surface area contributed by atoms with Gasteiger partial charge in [0.05, 0.1) is 7.11 Å². The average Bonchev–Trinajstić information content (AvgIpc) is 2.99. The fraction of sp³-hybridized carbons (Fsp3) is 0.273. The minimum atomic E-state index is 0.502. The van der Waals surface area contributed by atoms with Gasteiger partial charge in [-0.15, -0.1) is 0 Å². The summed E-state index contributed by atoms with van der Waals surface area (Å²) in [6.45, 7) is 4.54. The van der Waals surface area contributed by atoms with Crippen LogP contribution in [-0.2, 0) is 6.61 Å². The molecule has 1 saturated heterocycles. The molecule has 0 spiro atoms. The molecule has 4 aromatic rings. The number of likely N-dealkylation sites (tertiary alicyclic amines) is 1. The molecule has 0 bridgehead atoms. The van der Waals surface area contributed by atoms with Crippen molar-refractivity contribution in [3.05, 3.63) is 103 Å². The van der Waals surface area contributed by atoms with E-state index in [2.05, 4.69) is 17.0 Å². The van der Waals surface area contributed by atoms with E-state index < -0.39 is 0 Å². The van der Waals surface area contributed by atoms with Crippen molar-refractivity contribution < 1.29 is 18.9 Å². The second-order valence-electron chi connectivity index (χ2n) is 9.48. The molecule has 4 aromatic carbocycles. The quantitative estimate of drug-likeness (QED) is 0.208. The average molecular weight is 510 g/mol. The molecule has 1 aliphatic heterocycles. The van der Waals surface area contributed by atoms with Crippen molar-refractivity contribution in [3.8, 4) is 39.9 Å². The molecule has 0 saturated carbocycles. The molecule has 0 N–H and O–H groups in total. The van der Waals surface area contributed by atoms with Crippen molar-refractivity contribution in [2.24, 2.45) is 0 Å². The predicted octanol–water partition coefficient (Wildman–Crippen LogP) is 7.60. The highest BCUT2D eigenvalue weighted by atomic mass is 16.5. The Morgan fingerprint density at radius 1 is 0.658 bits per heavy atom. The molecule has 1 fully saturated rings. The zero-order chi connectivity index (χ0) is 26.0. The molecule has 1 heterocycles. The molecule has 0 amide bonds. The lowest BCUT2D eigenvalue weighted by molar-refractivity contribution is 0.183. The maximum atomic E-state index is 6.34. The first-order chi connectivity index (χ1) is 18.8. The van der Waals surface area contributed by atoms with E-state index in [1.54, 1.807) is 7.11 Å². The van der Waals surface area contributed by atoms with Crippen LogP contribution >= 0.6 is 0 Å². The maximum absolute atomic E-state index is 6.34. The third-order valence-electron chi connectivity index (χ3n) is 6.78. The van der Waals surface area contributed by atoms with Gasteiger partial charge < -0.3 is 18.9 Å². The zero-order valence-corrected chi connectivity index (χ0v) is 22.0. The number of hydrogen-bond acceptors (Lipinski definition) is 5. The molecular formula is C33H35NO4. The van der Waals surface area contributed by atoms with Crippen LogP contribution in [0.5, 0.6) is 28.7 Å². The van der Waals surface area contributed by atoms with Gasteiger partial charge in [0.2, 0.25) is 0 Å². The Kier molecular flexibility index (Phi) is 8.80. The summed E-state index contributed by atoms with van der Waals surface area (Å²) in [4.78, 5) is 2.48. The lowest BCUT2D eigenvalue weighted by Crippen LogP contribution is -2.33. The van der Waals surface area contributed by atoms with E-state index in [1.807, 2.05) is 84.9 Å². The lowest BCUT2D eigenvalue weighted by Gasteiger charge is -2.26. The zero-order valence-electron chi connectivity index (χ0n) is 22.0. The summed E-state index contributed by atoms with van der Waals surface area (Å²) in [6.07, 6.45) is 3.94. The predicted molar refractivity (Wildman–Crippen MR) is 152 cm³/mol. The van der Waals surface area contributed by atoms with Crippen molar-refractivity contribution in [2.75, 3.05) is 33.4 Å². The van der Waals surface area contributed by atoms with Gasteiger partial charge in [-0.2, -0.15) is 0 Å². The highest BCUT2D eigenvalue weighted by Gasteiger charge is 2.12. The van der Waals surface area contributed by atoms with Crippen LogP contribution in [0, 0.1) is 0 Å². The van der Waals surface area contributed by atoms with Crippen LogP contribution < -0.4 is 18.9 Å². The number of nitrogens with zero attached hydrogens (tertiary/aromatic N) is 1. The minimum absolute atomic E-state index is 0.502. The Morgan fingerprint density at radius 2 is 1.34 bits per heavy atom. The van der Waals surface area contributed by atoms with Gasteiger partial charge in [0.1, 0.15) is 42.0 Å². The van der Waals surface area contributed by atoms with Crippen molar-refractivity contribution in [2.45, 2.75) is 25.9 Å². The second-order valence-corrected chi connectivity index (χ2v) is 9.48. The van der Waals surface area contributed by atoms with Gasteiger partial charge >= 0.3 is 0 Å². The van der Waals surface area contributed by atoms with Crippen LogP contribution in [0.1, 0.15) is 24.8 Å². The van der Waals surface area contributed by atoms with Crippen molar-refractivity contribution in [3.63, 3.8) is 0 Å². The number of rotatable bonds is 11. The summed E-state index contributed by atoms with van der Waals surface area (Å²) in [5.74, 6) is 3.95. The Bertz CT molecular complexity index is 1270. The monoisotopic (exact) mass is 509 g/mol. The molecule has 5 nitrogen and oxygen atoms in total. The first kappa shape index (κ1) is 25.7. The van der Waals surface area contributed by atoms with Gasteiger partial charge in [-0.1, -0.05) is 48.9 Å². The summed E-state index contributed by atoms with van der Waals surface area (Å²) in [5.41, 5.74) is 3.08. The van der Waals surface area contributed by atoms with Crippen LogP contribution in [-0.4, -0.2) is 38.3 Å². The first-order valence-electron chi connectivity index (χ1n) is 13.3. The topological polar surface area (TPSA) is 40.2 Å². The Morgan fingerprint density at radius 3 is 2.08 bits per heavy atom. The molecule has 5 heteroatoms. The summed E-state index contributed by atoms with van der Waals surface area (Å²) in [7, 11) is 1.67. The normalized spacial score (nSPS) is 13.6. The van der Waals surface area contributed by atoms with Crippen molar-refractivity contribution >= 4 is 0 Å². The number of benzene rings is 4. The molecule has 0 aromatic heterocycles. The molecule has 5 rings (SSSR count). The molecule has 0 aliphatic carbocycles. The van der Waals surface area contributed by atoms with Crippen molar-refractivity contribution in [1.29, 1.82) is 0 Å². The number of methoxy groups -OCH3 is 1. The summed E-state index contributed by atoms with van der Waals surface area (Å²) in [6, 6.07) is 31.9. The maximum Gasteiger partial charge on any atom is 0.135 e. The standard InChI is InChI=1S/C33H35NO4/c1-35-28-12-10-27(11-13-28)32-24-31(37-25-26-8-4-2-5-9-26)18-19-33(32)38-30-16-14-29(15-17-30)36-23-22-34-20-6-3-7-21-34/h2,4-5,8-19,24H,3,6-7,20-23,25H2,1H3. The van der Waals surface area contributed by atoms with Gasteiger partial charge in [0, 0.05) is 12.1 Å². The molecule has 38 heavy (non-hydrogen) atoms. The van der Waals surface area contributed by atoms with Gasteiger partial charge in [0.25, 0.3) is 0 Å². The number of piperidine rings is 1. The third kappa shape index (κ3) is 7.08. The van der Waals surface area contributed by atoms with E-state index in [-0.39, 0.29) is 0 Å². The largest absolute Gasteiger partial charge is 0.497 e. The van der Waals surface area contributed by atoms with Gasteiger partial charge in [-0.3, -0.25) is 4.90 Å². The fourth-order valence-corrected chi connectivity index (χ4v) is 4.63. The van der Waals surface area contributed by atoms with Crippen LogP contribution in [0.3, 0.4) is 0 Å². The highest BCUT2D eigenvalue weighted by molar-refractivity contribution is 5.73. The highest BCUT2D eigenvalue weighted by Crippen LogP contribution is 2.37. The minimum Gasteiger partial charge on any atom is -0.497 e. The van der Waals surface area contributed by atoms with E-state index in [1.165, 1.54) is 32.4 Å². The molecule has 1 aliphatic rings. The SMILES string of the molecule is COc1ccc(-c2cc(OCc3ccccc3)ccc2Oc2ccc(OCCN3CCCCC3)cc2)cc1. The molecule has 0 radical (unpaired) electrons. The van der Waals surface area contributed by atoms with Crippen molar-refractivity contribution in [1.82, 2.24) is 4.90 Å². The van der Waals surface area contributed by atoms with Gasteiger partial charge in [-0.25, -0.2) is 0 Å². The van der Waals surface area contributed by atoms with E-state index in [9.17, 15) is 0 Å². The second kappa shape index (κ2) is 13.0. The van der Waals surface area contributed by atoms with E-state index in [4.69, 9.17) is 18.9 Å². The van der Waals surface area contributed by atoms with Crippen LogP contribution in [0.25, 0.3) is 11.1 Å². The summed E-state index contributed by atoms with van der Waals surface area (Å²) < 4.78 is 23.8. The van der Waals surface area contributed by atoms with E-state index in [0.717, 1.165) is 52.0 Å². The molecule has 196 valence electrons. The fourth-order valence-electron chi connectivity index (χ4n) is 4.63. The van der Waals surface area contributed by atoms with E-state index >= 15 is 0 Å². The first-order valence-corrected chi connectivity index (χ1v) is 13.3. The number of ether oxygens (including phenoxy) is 4. The molecule has 0 atom stereocenters. The Labute approximate surface area is 225 Å². The third-order valence-corrected chi connectivity index (χ3v) is 6.78. The smallest absolute Gasteiger partial charge is 0.135 e. The lowest BCUT2D eigenvalue weighted by atomic mass is 10.0. The van der Waals surface area contributed by atoms with Crippen LogP contribution in [0.2, 0.25) is 0 Å². The van der Waals surface area contributed by atoms with Gasteiger partial charge in [0.15, 0.2) is 0 Å².